The lowest BCUT2D eigenvalue weighted by atomic mass is 10.0. The summed E-state index contributed by atoms with van der Waals surface area (Å²) in [5.74, 6) is 0.481. The van der Waals surface area contributed by atoms with Crippen molar-refractivity contribution in [2.75, 3.05) is 13.2 Å². The molecule has 0 aromatic heterocycles. The van der Waals surface area contributed by atoms with Crippen molar-refractivity contribution in [3.63, 3.8) is 0 Å². The van der Waals surface area contributed by atoms with E-state index >= 15 is 0 Å². The number of amides is 1. The summed E-state index contributed by atoms with van der Waals surface area (Å²) in [7, 11) is 0. The van der Waals surface area contributed by atoms with Crippen LogP contribution in [0.4, 0.5) is 0 Å². The molecule has 0 aliphatic heterocycles. The molecular formula is C13H19NO3. The molecular weight excluding hydrogens is 218 g/mol. The van der Waals surface area contributed by atoms with Gasteiger partial charge in [-0.3, -0.25) is 4.79 Å². The fourth-order valence-corrected chi connectivity index (χ4v) is 1.42. The Morgan fingerprint density at radius 3 is 2.59 bits per heavy atom. The van der Waals surface area contributed by atoms with Crippen LogP contribution in [0.25, 0.3) is 0 Å². The van der Waals surface area contributed by atoms with Crippen LogP contribution in [0.2, 0.25) is 0 Å². The minimum absolute atomic E-state index is 0.0150. The predicted octanol–water partition coefficient (Wildman–Crippen LogP) is 1.34. The maximum atomic E-state index is 11.6. The molecule has 1 amide bonds. The van der Waals surface area contributed by atoms with Gasteiger partial charge < -0.3 is 15.2 Å². The van der Waals surface area contributed by atoms with E-state index < -0.39 is 5.54 Å². The third-order valence-electron chi connectivity index (χ3n) is 2.33. The number of nitrogens with one attached hydrogen (secondary N) is 1. The van der Waals surface area contributed by atoms with Gasteiger partial charge in [0, 0.05) is 12.1 Å². The maximum Gasteiger partial charge on any atom is 0.258 e. The molecule has 2 N–H and O–H groups in total. The topological polar surface area (TPSA) is 58.6 Å². The van der Waals surface area contributed by atoms with E-state index in [4.69, 9.17) is 9.84 Å². The summed E-state index contributed by atoms with van der Waals surface area (Å²) in [6, 6.07) is 9.18. The molecule has 0 bridgehead atoms. The fraction of sp³-hybridized carbons (Fsp3) is 0.462. The third kappa shape index (κ3) is 5.36. The highest BCUT2D eigenvalue weighted by atomic mass is 16.5. The van der Waals surface area contributed by atoms with Crippen LogP contribution in [-0.2, 0) is 4.79 Å². The van der Waals surface area contributed by atoms with E-state index in [2.05, 4.69) is 5.32 Å². The number of rotatable bonds is 6. The van der Waals surface area contributed by atoms with Crippen molar-refractivity contribution in [3.8, 4) is 5.75 Å². The summed E-state index contributed by atoms with van der Waals surface area (Å²) in [5, 5.41) is 11.6. The molecule has 0 saturated heterocycles. The van der Waals surface area contributed by atoms with E-state index in [1.807, 2.05) is 32.0 Å². The van der Waals surface area contributed by atoms with Crippen molar-refractivity contribution in [1.29, 1.82) is 0 Å². The van der Waals surface area contributed by atoms with Crippen LogP contribution in [-0.4, -0.2) is 29.8 Å². The number of ether oxygens (including phenoxy) is 1. The van der Waals surface area contributed by atoms with Crippen LogP contribution in [0.15, 0.2) is 30.3 Å². The number of carbonyl (C=O) groups excluding carboxylic acids is 1. The molecule has 0 radical (unpaired) electrons. The molecule has 0 atom stereocenters. The third-order valence-corrected chi connectivity index (χ3v) is 2.33. The minimum Gasteiger partial charge on any atom is -0.484 e. The Kier molecular flexibility index (Phi) is 4.97. The van der Waals surface area contributed by atoms with Crippen LogP contribution >= 0.6 is 0 Å². The molecule has 17 heavy (non-hydrogen) atoms. The predicted molar refractivity (Wildman–Crippen MR) is 65.9 cm³/mol. The molecule has 1 aromatic rings. The zero-order valence-corrected chi connectivity index (χ0v) is 10.3. The second-order valence-electron chi connectivity index (χ2n) is 4.51. The van der Waals surface area contributed by atoms with Crippen LogP contribution in [0.1, 0.15) is 20.3 Å². The smallest absolute Gasteiger partial charge is 0.258 e. The molecule has 0 aliphatic rings. The van der Waals surface area contributed by atoms with Crippen LogP contribution < -0.4 is 10.1 Å². The molecule has 0 aliphatic carbocycles. The summed E-state index contributed by atoms with van der Waals surface area (Å²) in [6.45, 7) is 3.76. The van der Waals surface area contributed by atoms with Crippen molar-refractivity contribution in [2.45, 2.75) is 25.8 Å². The zero-order valence-electron chi connectivity index (χ0n) is 10.3. The summed E-state index contributed by atoms with van der Waals surface area (Å²) in [6.07, 6.45) is 0.518. The minimum atomic E-state index is -0.411. The van der Waals surface area contributed by atoms with Gasteiger partial charge in [-0.15, -0.1) is 0 Å². The van der Waals surface area contributed by atoms with Crippen molar-refractivity contribution in [2.24, 2.45) is 0 Å². The molecule has 0 spiro atoms. The monoisotopic (exact) mass is 237 g/mol. The molecule has 4 heteroatoms. The second-order valence-corrected chi connectivity index (χ2v) is 4.51. The average Bonchev–Trinajstić information content (AvgIpc) is 2.27. The van der Waals surface area contributed by atoms with Gasteiger partial charge in [0.05, 0.1) is 0 Å². The van der Waals surface area contributed by atoms with Gasteiger partial charge in [0.2, 0.25) is 0 Å². The van der Waals surface area contributed by atoms with E-state index in [0.717, 1.165) is 0 Å². The summed E-state index contributed by atoms with van der Waals surface area (Å²) in [5.41, 5.74) is -0.411. The fourth-order valence-electron chi connectivity index (χ4n) is 1.42. The zero-order chi connectivity index (χ0) is 12.7. The Balaban J connectivity index is 2.35. The van der Waals surface area contributed by atoms with E-state index in [1.165, 1.54) is 0 Å². The molecule has 0 saturated carbocycles. The summed E-state index contributed by atoms with van der Waals surface area (Å²) < 4.78 is 5.32. The Hall–Kier alpha value is -1.55. The van der Waals surface area contributed by atoms with Gasteiger partial charge in [-0.2, -0.15) is 0 Å². The Morgan fingerprint density at radius 1 is 1.35 bits per heavy atom. The number of hydrogen-bond donors (Lipinski definition) is 2. The molecule has 0 unspecified atom stereocenters. The van der Waals surface area contributed by atoms with Gasteiger partial charge in [-0.1, -0.05) is 18.2 Å². The van der Waals surface area contributed by atoms with Gasteiger partial charge in [0.15, 0.2) is 6.61 Å². The summed E-state index contributed by atoms with van der Waals surface area (Å²) >= 11 is 0. The highest BCUT2D eigenvalue weighted by Crippen LogP contribution is 2.09. The quantitative estimate of drug-likeness (QED) is 0.785. The number of aliphatic hydroxyl groups is 1. The van der Waals surface area contributed by atoms with E-state index in [9.17, 15) is 4.79 Å². The Morgan fingerprint density at radius 2 is 2.00 bits per heavy atom. The van der Waals surface area contributed by atoms with Gasteiger partial charge in [0.25, 0.3) is 5.91 Å². The maximum absolute atomic E-state index is 11.6. The first-order valence-electron chi connectivity index (χ1n) is 5.63. The van der Waals surface area contributed by atoms with Gasteiger partial charge in [-0.25, -0.2) is 0 Å². The highest BCUT2D eigenvalue weighted by molar-refractivity contribution is 5.78. The molecule has 0 heterocycles. The van der Waals surface area contributed by atoms with Crippen molar-refractivity contribution in [1.82, 2.24) is 5.32 Å². The van der Waals surface area contributed by atoms with Gasteiger partial charge >= 0.3 is 0 Å². The van der Waals surface area contributed by atoms with Gasteiger partial charge in [-0.05, 0) is 32.4 Å². The second kappa shape index (κ2) is 6.25. The standard InChI is InChI=1S/C13H19NO3/c1-13(2,8-9-15)14-12(16)10-17-11-6-4-3-5-7-11/h3-7,15H,8-10H2,1-2H3,(H,14,16). The first-order chi connectivity index (χ1) is 8.03. The van der Waals surface area contributed by atoms with Crippen LogP contribution in [0.3, 0.4) is 0 Å². The average molecular weight is 237 g/mol. The van der Waals surface area contributed by atoms with Crippen molar-refractivity contribution in [3.05, 3.63) is 30.3 Å². The van der Waals surface area contributed by atoms with E-state index in [1.54, 1.807) is 12.1 Å². The number of carbonyl (C=O) groups is 1. The van der Waals surface area contributed by atoms with Gasteiger partial charge in [0.1, 0.15) is 5.75 Å². The van der Waals surface area contributed by atoms with E-state index in [0.29, 0.717) is 12.2 Å². The summed E-state index contributed by atoms with van der Waals surface area (Å²) in [4.78, 5) is 11.6. The number of para-hydroxylation sites is 1. The van der Waals surface area contributed by atoms with Crippen LogP contribution in [0.5, 0.6) is 5.75 Å². The van der Waals surface area contributed by atoms with E-state index in [-0.39, 0.29) is 19.1 Å². The number of benzene rings is 1. The molecule has 1 rings (SSSR count). The lowest BCUT2D eigenvalue weighted by Gasteiger charge is -2.25. The van der Waals surface area contributed by atoms with Crippen molar-refractivity contribution >= 4 is 5.91 Å². The van der Waals surface area contributed by atoms with Crippen LogP contribution in [0, 0.1) is 0 Å². The van der Waals surface area contributed by atoms with Crippen molar-refractivity contribution < 1.29 is 14.6 Å². The lowest BCUT2D eigenvalue weighted by molar-refractivity contribution is -0.124. The lowest BCUT2D eigenvalue weighted by Crippen LogP contribution is -2.46. The first kappa shape index (κ1) is 13.5. The SMILES string of the molecule is CC(C)(CCO)NC(=O)COc1ccccc1. The largest absolute Gasteiger partial charge is 0.484 e. The molecule has 0 fully saturated rings. The molecule has 4 nitrogen and oxygen atoms in total. The molecule has 94 valence electrons. The Bertz CT molecular complexity index is 349. The molecule has 1 aromatic carbocycles. The Labute approximate surface area is 102 Å². The number of aliphatic hydroxyl groups excluding tert-OH is 1. The first-order valence-corrected chi connectivity index (χ1v) is 5.63. The highest BCUT2D eigenvalue weighted by Gasteiger charge is 2.19. The number of hydrogen-bond acceptors (Lipinski definition) is 3. The normalized spacial score (nSPS) is 11.0.